The van der Waals surface area contributed by atoms with Crippen LogP contribution in [0.1, 0.15) is 35.4 Å². The summed E-state index contributed by atoms with van der Waals surface area (Å²) in [6.45, 7) is 0. The number of allylic oxidation sites excluding steroid dienone is 10. The molecule has 1 aliphatic heterocycles. The molecule has 0 N–H and O–H groups in total. The largest absolute Gasteiger partial charge is 0.314 e. The maximum absolute atomic E-state index is 2.55. The predicted molar refractivity (Wildman–Crippen MR) is 216 cm³/mol. The van der Waals surface area contributed by atoms with Gasteiger partial charge in [-0.15, -0.1) is 0 Å². The van der Waals surface area contributed by atoms with Crippen LogP contribution in [0, 0.1) is 0 Å². The van der Waals surface area contributed by atoms with Crippen LogP contribution in [0.15, 0.2) is 185 Å². The number of nitrogens with zero attached hydrogens (tertiary/aromatic N) is 1. The summed E-state index contributed by atoms with van der Waals surface area (Å²) in [5, 5.41) is 0. The first-order chi connectivity index (χ1) is 25.3. The lowest BCUT2D eigenvalue weighted by atomic mass is 9.83. The highest BCUT2D eigenvalue weighted by molar-refractivity contribution is 8.03. The van der Waals surface area contributed by atoms with Gasteiger partial charge in [-0.25, -0.2) is 0 Å². The van der Waals surface area contributed by atoms with Crippen molar-refractivity contribution in [2.24, 2.45) is 0 Å². The van der Waals surface area contributed by atoms with Crippen molar-refractivity contribution in [3.8, 4) is 44.5 Å². The molecule has 0 amide bonds. The molecule has 240 valence electrons. The van der Waals surface area contributed by atoms with Crippen molar-refractivity contribution in [1.82, 2.24) is 0 Å². The Hall–Kier alpha value is -5.83. The summed E-state index contributed by atoms with van der Waals surface area (Å²) in [5.74, 6) is 0.362. The van der Waals surface area contributed by atoms with E-state index in [9.17, 15) is 0 Å². The molecule has 1 heterocycles. The van der Waals surface area contributed by atoms with E-state index in [4.69, 9.17) is 0 Å². The first-order valence-electron chi connectivity index (χ1n) is 17.9. The minimum Gasteiger partial charge on any atom is -0.314 e. The fourth-order valence-electron chi connectivity index (χ4n) is 8.96. The Morgan fingerprint density at radius 1 is 0.529 bits per heavy atom. The normalized spacial score (nSPS) is 17.0. The van der Waals surface area contributed by atoms with E-state index >= 15 is 0 Å². The summed E-state index contributed by atoms with van der Waals surface area (Å²) in [6.07, 6.45) is 16.0. The first kappa shape index (κ1) is 29.0. The smallest absolute Gasteiger partial charge is 0.0536 e. The quantitative estimate of drug-likeness (QED) is 0.184. The third-order valence-corrected chi connectivity index (χ3v) is 12.4. The number of benzene rings is 6. The summed E-state index contributed by atoms with van der Waals surface area (Å²) < 4.78 is 0. The van der Waals surface area contributed by atoms with Crippen LogP contribution in [0.2, 0.25) is 0 Å². The molecule has 5 aliphatic rings. The van der Waals surface area contributed by atoms with Crippen LogP contribution < -0.4 is 4.90 Å². The molecule has 0 radical (unpaired) electrons. The van der Waals surface area contributed by atoms with Gasteiger partial charge in [0.1, 0.15) is 0 Å². The van der Waals surface area contributed by atoms with Gasteiger partial charge >= 0.3 is 0 Å². The van der Waals surface area contributed by atoms with E-state index in [1.807, 2.05) is 11.8 Å². The Kier molecular flexibility index (Phi) is 6.44. The molecule has 6 aromatic carbocycles. The van der Waals surface area contributed by atoms with E-state index < -0.39 is 0 Å². The SMILES string of the molecule is C1=CC2=C(C=CC1)c1c3cccc1-c1cccc2c1-c1cc(N(C2=CC=C4Sc5ccccc5C4C2)c2ccccc2-c2ccccc2)ccc1-3. The lowest BCUT2D eigenvalue weighted by molar-refractivity contribution is 0.782. The van der Waals surface area contributed by atoms with E-state index in [2.05, 4.69) is 175 Å². The molecule has 0 saturated heterocycles. The molecule has 2 heteroatoms. The van der Waals surface area contributed by atoms with Crippen molar-refractivity contribution in [2.45, 2.75) is 23.7 Å². The summed E-state index contributed by atoms with van der Waals surface area (Å²) >= 11 is 1.93. The second-order valence-corrected chi connectivity index (χ2v) is 15.0. The minimum absolute atomic E-state index is 0.362. The molecule has 0 saturated carbocycles. The van der Waals surface area contributed by atoms with E-state index in [1.165, 1.54) is 99.2 Å². The molecule has 6 bridgehead atoms. The summed E-state index contributed by atoms with van der Waals surface area (Å²) in [4.78, 5) is 5.38. The van der Waals surface area contributed by atoms with Gasteiger partial charge in [-0.05, 0) is 121 Å². The van der Waals surface area contributed by atoms with Crippen molar-refractivity contribution >= 4 is 34.3 Å². The molecule has 1 nitrogen and oxygen atoms in total. The average molecular weight is 668 g/mol. The van der Waals surface area contributed by atoms with Crippen molar-refractivity contribution in [1.29, 1.82) is 0 Å². The lowest BCUT2D eigenvalue weighted by Gasteiger charge is -2.34. The highest BCUT2D eigenvalue weighted by Crippen LogP contribution is 2.57. The van der Waals surface area contributed by atoms with Crippen LogP contribution in [0.5, 0.6) is 0 Å². The van der Waals surface area contributed by atoms with Crippen LogP contribution in [-0.4, -0.2) is 0 Å². The summed E-state index contributed by atoms with van der Waals surface area (Å²) in [6, 6.07) is 49.8. The van der Waals surface area contributed by atoms with Crippen LogP contribution in [0.4, 0.5) is 11.4 Å². The van der Waals surface area contributed by atoms with Gasteiger partial charge in [-0.3, -0.25) is 0 Å². The Morgan fingerprint density at radius 2 is 1.24 bits per heavy atom. The van der Waals surface area contributed by atoms with E-state index in [1.54, 1.807) is 0 Å². The standard InChI is InChI=1S/C49H33NS/c1-3-13-31(14-4-1)34-15-7-9-23-45(34)50(33-26-28-47-43(29-33)37-17-8-10-24-46(37)51-47)32-25-27-36-40-20-12-21-41-42-22-11-19-39(49(42)44(36)30-32)35-16-5-2-6-18-38(35)48(40)41/h1,3-28,30,43H,2,29H2. The number of para-hydroxylation sites is 1. The van der Waals surface area contributed by atoms with Gasteiger partial charge in [0.05, 0.1) is 5.69 Å². The Bertz CT molecular complexity index is 2610. The highest BCUT2D eigenvalue weighted by atomic mass is 32.2. The second kappa shape index (κ2) is 11.3. The Labute approximate surface area is 303 Å². The number of fused-ring (bicyclic) bond motifs is 6. The van der Waals surface area contributed by atoms with Crippen LogP contribution in [0.25, 0.3) is 55.7 Å². The highest BCUT2D eigenvalue weighted by Gasteiger charge is 2.35. The zero-order valence-corrected chi connectivity index (χ0v) is 28.8. The van der Waals surface area contributed by atoms with Crippen molar-refractivity contribution in [3.63, 3.8) is 0 Å². The molecule has 0 aromatic heterocycles. The zero-order chi connectivity index (χ0) is 33.5. The fraction of sp³-hybridized carbons (Fsp3) is 0.0612. The monoisotopic (exact) mass is 667 g/mol. The van der Waals surface area contributed by atoms with Crippen molar-refractivity contribution < 1.29 is 0 Å². The van der Waals surface area contributed by atoms with Gasteiger partial charge in [0.2, 0.25) is 0 Å². The van der Waals surface area contributed by atoms with Crippen molar-refractivity contribution in [3.05, 3.63) is 197 Å². The molecular formula is C49H33NS. The third-order valence-electron chi connectivity index (χ3n) is 11.2. The van der Waals surface area contributed by atoms with E-state index in [-0.39, 0.29) is 0 Å². The second-order valence-electron chi connectivity index (χ2n) is 13.9. The molecule has 6 aromatic rings. The lowest BCUT2D eigenvalue weighted by Crippen LogP contribution is -2.21. The van der Waals surface area contributed by atoms with Crippen LogP contribution >= 0.6 is 11.8 Å². The van der Waals surface area contributed by atoms with Crippen LogP contribution in [0.3, 0.4) is 0 Å². The fourth-order valence-corrected chi connectivity index (χ4v) is 10.2. The minimum atomic E-state index is 0.362. The number of rotatable bonds is 4. The molecular weight excluding hydrogens is 635 g/mol. The van der Waals surface area contributed by atoms with Gasteiger partial charge in [-0.1, -0.05) is 145 Å². The number of thioether (sulfide) groups is 1. The number of hydrogen-bond donors (Lipinski definition) is 0. The van der Waals surface area contributed by atoms with Crippen LogP contribution in [-0.2, 0) is 0 Å². The average Bonchev–Trinajstić information content (AvgIpc) is 3.31. The van der Waals surface area contributed by atoms with Gasteiger partial charge in [0.25, 0.3) is 0 Å². The van der Waals surface area contributed by atoms with Gasteiger partial charge < -0.3 is 4.90 Å². The zero-order valence-electron chi connectivity index (χ0n) is 28.0. The Morgan fingerprint density at radius 3 is 2.12 bits per heavy atom. The van der Waals surface area contributed by atoms with Crippen molar-refractivity contribution in [2.75, 3.05) is 4.90 Å². The first-order valence-corrected chi connectivity index (χ1v) is 18.7. The molecule has 0 spiro atoms. The molecule has 51 heavy (non-hydrogen) atoms. The summed E-state index contributed by atoms with van der Waals surface area (Å²) in [7, 11) is 0. The molecule has 4 aliphatic carbocycles. The predicted octanol–water partition coefficient (Wildman–Crippen LogP) is 13.6. The number of anilines is 2. The van der Waals surface area contributed by atoms with Gasteiger partial charge in [0, 0.05) is 27.8 Å². The molecule has 11 rings (SSSR count). The molecule has 1 unspecified atom stereocenters. The third kappa shape index (κ3) is 4.36. The topological polar surface area (TPSA) is 3.24 Å². The molecule has 0 fully saturated rings. The number of hydrogen-bond acceptors (Lipinski definition) is 2. The van der Waals surface area contributed by atoms with E-state index in [0.29, 0.717) is 5.92 Å². The van der Waals surface area contributed by atoms with Gasteiger partial charge in [0.15, 0.2) is 0 Å². The maximum Gasteiger partial charge on any atom is 0.0536 e. The Balaban J connectivity index is 1.16. The maximum atomic E-state index is 2.55. The van der Waals surface area contributed by atoms with E-state index in [0.717, 1.165) is 12.8 Å². The molecule has 1 atom stereocenters. The summed E-state index contributed by atoms with van der Waals surface area (Å²) in [5.41, 5.74) is 20.8. The van der Waals surface area contributed by atoms with Gasteiger partial charge in [-0.2, -0.15) is 0 Å².